The Labute approximate surface area is 140 Å². The largest absolute Gasteiger partial charge is 0.497 e. The van der Waals surface area contributed by atoms with Gasteiger partial charge in [-0.25, -0.2) is 5.43 Å². The van der Waals surface area contributed by atoms with E-state index in [2.05, 4.69) is 10.5 Å². The summed E-state index contributed by atoms with van der Waals surface area (Å²) in [5, 5.41) is 4.04. The van der Waals surface area contributed by atoms with E-state index in [0.29, 0.717) is 5.56 Å². The number of carbonyl (C=O) groups excluding carboxylic acids is 1. The fraction of sp³-hybridized carbons (Fsp3) is 0.0526. The highest BCUT2D eigenvalue weighted by molar-refractivity contribution is 5.94. The summed E-state index contributed by atoms with van der Waals surface area (Å²) in [7, 11) is 1.64. The van der Waals surface area contributed by atoms with Crippen LogP contribution in [-0.2, 0) is 0 Å². The summed E-state index contributed by atoms with van der Waals surface area (Å²) in [5.74, 6) is 0.561. The molecule has 1 aromatic heterocycles. The Morgan fingerprint density at radius 3 is 2.50 bits per heavy atom. The number of carbonyl (C=O) groups is 1. The van der Waals surface area contributed by atoms with Crippen LogP contribution in [0.5, 0.6) is 5.75 Å². The van der Waals surface area contributed by atoms with Crippen molar-refractivity contribution in [3.05, 3.63) is 84.2 Å². The molecule has 120 valence electrons. The first-order chi connectivity index (χ1) is 11.8. The summed E-state index contributed by atoms with van der Waals surface area (Å²) in [6.45, 7) is 0. The maximum atomic E-state index is 12.0. The lowest BCUT2D eigenvalue weighted by atomic mass is 10.2. The van der Waals surface area contributed by atoms with Crippen LogP contribution in [0.4, 0.5) is 0 Å². The Morgan fingerprint density at radius 1 is 1.04 bits per heavy atom. The first-order valence-corrected chi connectivity index (χ1v) is 7.48. The second kappa shape index (κ2) is 7.28. The molecule has 0 unspecified atom stereocenters. The van der Waals surface area contributed by atoms with Crippen molar-refractivity contribution < 1.29 is 9.53 Å². The maximum absolute atomic E-state index is 12.0. The summed E-state index contributed by atoms with van der Waals surface area (Å²) in [5.41, 5.74) is 4.94. The number of nitrogens with zero attached hydrogens (tertiary/aromatic N) is 2. The molecule has 2 aromatic carbocycles. The number of hydrogen-bond donors (Lipinski definition) is 1. The third-order valence-electron chi connectivity index (χ3n) is 3.53. The van der Waals surface area contributed by atoms with Gasteiger partial charge in [0.05, 0.1) is 19.0 Å². The second-order valence-corrected chi connectivity index (χ2v) is 5.07. The molecule has 3 rings (SSSR count). The van der Waals surface area contributed by atoms with Crippen molar-refractivity contribution in [1.82, 2.24) is 9.99 Å². The molecule has 0 bridgehead atoms. The monoisotopic (exact) mass is 319 g/mol. The number of ether oxygens (including phenoxy) is 1. The Kier molecular flexibility index (Phi) is 4.72. The average molecular weight is 319 g/mol. The lowest BCUT2D eigenvalue weighted by Crippen LogP contribution is -2.17. The quantitative estimate of drug-likeness (QED) is 0.580. The number of rotatable bonds is 5. The summed E-state index contributed by atoms with van der Waals surface area (Å²) in [6.07, 6.45) is 3.55. The van der Waals surface area contributed by atoms with E-state index in [1.165, 1.54) is 0 Å². The number of aromatic nitrogens is 1. The van der Waals surface area contributed by atoms with Crippen LogP contribution < -0.4 is 10.2 Å². The molecule has 24 heavy (non-hydrogen) atoms. The second-order valence-electron chi connectivity index (χ2n) is 5.07. The first-order valence-electron chi connectivity index (χ1n) is 7.48. The van der Waals surface area contributed by atoms with Crippen molar-refractivity contribution in [3.63, 3.8) is 0 Å². The molecule has 0 saturated carbocycles. The summed E-state index contributed by atoms with van der Waals surface area (Å²) in [4.78, 5) is 12.0. The SMILES string of the molecule is COc1ccc(-n2cccc2/C=N\NC(=O)c2ccccc2)cc1. The van der Waals surface area contributed by atoms with Crippen molar-refractivity contribution in [3.8, 4) is 11.4 Å². The summed E-state index contributed by atoms with van der Waals surface area (Å²) in [6, 6.07) is 20.5. The van der Waals surface area contributed by atoms with Crippen molar-refractivity contribution >= 4 is 12.1 Å². The maximum Gasteiger partial charge on any atom is 0.271 e. The topological polar surface area (TPSA) is 55.6 Å². The molecule has 3 aromatic rings. The molecule has 0 aliphatic heterocycles. The van der Waals surface area contributed by atoms with Gasteiger partial charge in [-0.05, 0) is 48.5 Å². The molecule has 0 atom stereocenters. The predicted molar refractivity (Wildman–Crippen MR) is 93.8 cm³/mol. The molecular weight excluding hydrogens is 302 g/mol. The standard InChI is InChI=1S/C19H17N3O2/c1-24-18-11-9-16(10-12-18)22-13-5-8-17(22)14-20-21-19(23)15-6-3-2-4-7-15/h2-14H,1H3,(H,21,23)/b20-14-. The zero-order valence-electron chi connectivity index (χ0n) is 13.2. The van der Waals surface area contributed by atoms with E-state index in [1.807, 2.05) is 65.4 Å². The molecule has 5 nitrogen and oxygen atoms in total. The Morgan fingerprint density at radius 2 is 1.79 bits per heavy atom. The molecule has 0 fully saturated rings. The highest BCUT2D eigenvalue weighted by atomic mass is 16.5. The van der Waals surface area contributed by atoms with E-state index in [4.69, 9.17) is 4.74 Å². The van der Waals surface area contributed by atoms with Crippen molar-refractivity contribution in [2.24, 2.45) is 5.10 Å². The van der Waals surface area contributed by atoms with Crippen LogP contribution in [0, 0.1) is 0 Å². The van der Waals surface area contributed by atoms with Gasteiger partial charge in [0.1, 0.15) is 5.75 Å². The van der Waals surface area contributed by atoms with Crippen LogP contribution in [0.25, 0.3) is 5.69 Å². The lowest BCUT2D eigenvalue weighted by Gasteiger charge is -2.07. The highest BCUT2D eigenvalue weighted by Crippen LogP contribution is 2.16. The Balaban J connectivity index is 1.72. The van der Waals surface area contributed by atoms with Crippen LogP contribution in [0.3, 0.4) is 0 Å². The smallest absolute Gasteiger partial charge is 0.271 e. The van der Waals surface area contributed by atoms with Crippen LogP contribution in [0.2, 0.25) is 0 Å². The number of methoxy groups -OCH3 is 1. The normalized spacial score (nSPS) is 10.7. The van der Waals surface area contributed by atoms with E-state index in [-0.39, 0.29) is 5.91 Å². The van der Waals surface area contributed by atoms with Crippen LogP contribution in [0.1, 0.15) is 16.1 Å². The van der Waals surface area contributed by atoms with Gasteiger partial charge in [0, 0.05) is 17.4 Å². The van der Waals surface area contributed by atoms with Gasteiger partial charge in [-0.3, -0.25) is 4.79 Å². The number of nitrogens with one attached hydrogen (secondary N) is 1. The Hall–Kier alpha value is -3.34. The van der Waals surface area contributed by atoms with Gasteiger partial charge < -0.3 is 9.30 Å². The van der Waals surface area contributed by atoms with Gasteiger partial charge in [-0.2, -0.15) is 5.10 Å². The molecule has 0 aliphatic rings. The fourth-order valence-corrected chi connectivity index (χ4v) is 2.29. The van der Waals surface area contributed by atoms with Crippen LogP contribution >= 0.6 is 0 Å². The minimum atomic E-state index is -0.241. The van der Waals surface area contributed by atoms with E-state index < -0.39 is 0 Å². The predicted octanol–water partition coefficient (Wildman–Crippen LogP) is 3.25. The minimum absolute atomic E-state index is 0.241. The molecule has 1 heterocycles. The molecule has 0 aliphatic carbocycles. The highest BCUT2D eigenvalue weighted by Gasteiger charge is 2.04. The minimum Gasteiger partial charge on any atom is -0.497 e. The summed E-state index contributed by atoms with van der Waals surface area (Å²) >= 11 is 0. The number of hydrazone groups is 1. The van der Waals surface area contributed by atoms with Gasteiger partial charge in [-0.1, -0.05) is 18.2 Å². The third kappa shape index (κ3) is 3.52. The van der Waals surface area contributed by atoms with Crippen molar-refractivity contribution in [2.45, 2.75) is 0 Å². The molecule has 1 N–H and O–H groups in total. The molecule has 1 amide bonds. The third-order valence-corrected chi connectivity index (χ3v) is 3.53. The lowest BCUT2D eigenvalue weighted by molar-refractivity contribution is 0.0955. The van der Waals surface area contributed by atoms with Crippen molar-refractivity contribution in [2.75, 3.05) is 7.11 Å². The van der Waals surface area contributed by atoms with Gasteiger partial charge in [0.25, 0.3) is 5.91 Å². The zero-order chi connectivity index (χ0) is 16.8. The van der Waals surface area contributed by atoms with Crippen LogP contribution in [-0.4, -0.2) is 23.8 Å². The van der Waals surface area contributed by atoms with Crippen LogP contribution in [0.15, 0.2) is 78.0 Å². The molecule has 0 spiro atoms. The summed E-state index contributed by atoms with van der Waals surface area (Å²) < 4.78 is 7.14. The zero-order valence-corrected chi connectivity index (χ0v) is 13.2. The van der Waals surface area contributed by atoms with E-state index >= 15 is 0 Å². The van der Waals surface area contributed by atoms with E-state index in [0.717, 1.165) is 17.1 Å². The molecular formula is C19H17N3O2. The fourth-order valence-electron chi connectivity index (χ4n) is 2.29. The average Bonchev–Trinajstić information content (AvgIpc) is 3.11. The van der Waals surface area contributed by atoms with Gasteiger partial charge in [0.15, 0.2) is 0 Å². The van der Waals surface area contributed by atoms with Crippen molar-refractivity contribution in [1.29, 1.82) is 0 Å². The van der Waals surface area contributed by atoms with E-state index in [1.54, 1.807) is 25.5 Å². The number of benzene rings is 2. The first kappa shape index (κ1) is 15.6. The molecule has 0 saturated heterocycles. The Bertz CT molecular complexity index is 837. The van der Waals surface area contributed by atoms with Gasteiger partial charge >= 0.3 is 0 Å². The van der Waals surface area contributed by atoms with Gasteiger partial charge in [-0.15, -0.1) is 0 Å². The number of amides is 1. The molecule has 0 radical (unpaired) electrons. The van der Waals surface area contributed by atoms with E-state index in [9.17, 15) is 4.79 Å². The number of hydrogen-bond acceptors (Lipinski definition) is 3. The van der Waals surface area contributed by atoms with Gasteiger partial charge in [0.2, 0.25) is 0 Å². The molecule has 5 heteroatoms.